The summed E-state index contributed by atoms with van der Waals surface area (Å²) in [6.45, 7) is 0. The van der Waals surface area contributed by atoms with Crippen LogP contribution in [0.4, 0.5) is 0 Å². The van der Waals surface area contributed by atoms with Crippen molar-refractivity contribution in [1.82, 2.24) is 5.32 Å². The molecule has 1 aromatic carbocycles. The Balaban J connectivity index is 2.61. The van der Waals surface area contributed by atoms with Crippen molar-refractivity contribution in [1.29, 1.82) is 0 Å². The molecule has 4 nitrogen and oxygen atoms in total. The van der Waals surface area contributed by atoms with Gasteiger partial charge in [-0.15, -0.1) is 0 Å². The van der Waals surface area contributed by atoms with Crippen molar-refractivity contribution >= 4 is 12.0 Å². The maximum absolute atomic E-state index is 11.2. The summed E-state index contributed by atoms with van der Waals surface area (Å²) in [5, 5.41) is 2.77. The van der Waals surface area contributed by atoms with E-state index >= 15 is 0 Å². The number of benzene rings is 1. The SMILES string of the molecule is NC(=O)C1(N)NC=Cc2ccccc21. The lowest BCUT2D eigenvalue weighted by molar-refractivity contribution is -0.124. The number of primary amides is 1. The normalized spacial score (nSPS) is 23.8. The number of carbonyl (C=O) groups is 1. The highest BCUT2D eigenvalue weighted by atomic mass is 16.2. The summed E-state index contributed by atoms with van der Waals surface area (Å²) in [6.07, 6.45) is 3.48. The molecule has 1 aliphatic rings. The Hall–Kier alpha value is -1.81. The van der Waals surface area contributed by atoms with Crippen molar-refractivity contribution in [3.8, 4) is 0 Å². The van der Waals surface area contributed by atoms with Gasteiger partial charge in [-0.05, 0) is 17.8 Å². The molecule has 0 bridgehead atoms. The summed E-state index contributed by atoms with van der Waals surface area (Å²) in [5.41, 5.74) is 11.5. The van der Waals surface area contributed by atoms with Gasteiger partial charge in [0.05, 0.1) is 0 Å². The van der Waals surface area contributed by atoms with Crippen molar-refractivity contribution in [3.63, 3.8) is 0 Å². The molecule has 5 N–H and O–H groups in total. The topological polar surface area (TPSA) is 81.1 Å². The zero-order valence-corrected chi connectivity index (χ0v) is 7.53. The lowest BCUT2D eigenvalue weighted by Gasteiger charge is -2.31. The molecule has 1 atom stereocenters. The maximum Gasteiger partial charge on any atom is 0.262 e. The second-order valence-corrected chi connectivity index (χ2v) is 3.24. The molecule has 0 aliphatic carbocycles. The van der Waals surface area contributed by atoms with Crippen molar-refractivity contribution in [2.75, 3.05) is 0 Å². The van der Waals surface area contributed by atoms with E-state index in [0.29, 0.717) is 5.56 Å². The van der Waals surface area contributed by atoms with Crippen LogP contribution in [0.2, 0.25) is 0 Å². The molecule has 0 aromatic heterocycles. The fraction of sp³-hybridized carbons (Fsp3) is 0.100. The Morgan fingerprint density at radius 1 is 1.36 bits per heavy atom. The molecule has 0 fully saturated rings. The highest BCUT2D eigenvalue weighted by molar-refractivity contribution is 5.88. The number of nitrogens with two attached hydrogens (primary N) is 2. The first-order chi connectivity index (χ1) is 6.64. The minimum Gasteiger partial charge on any atom is -0.366 e. The van der Waals surface area contributed by atoms with E-state index < -0.39 is 11.6 Å². The number of hydrogen-bond donors (Lipinski definition) is 3. The van der Waals surface area contributed by atoms with E-state index in [1.165, 1.54) is 0 Å². The Morgan fingerprint density at radius 3 is 2.79 bits per heavy atom. The van der Waals surface area contributed by atoms with Crippen molar-refractivity contribution in [3.05, 3.63) is 41.6 Å². The molecule has 2 rings (SSSR count). The van der Waals surface area contributed by atoms with Gasteiger partial charge >= 0.3 is 0 Å². The van der Waals surface area contributed by atoms with Gasteiger partial charge in [0.15, 0.2) is 5.66 Å². The Bertz CT molecular complexity index is 414. The predicted octanol–water partition coefficient (Wildman–Crippen LogP) is -0.143. The molecule has 0 radical (unpaired) electrons. The van der Waals surface area contributed by atoms with Crippen LogP contribution in [0.1, 0.15) is 11.1 Å². The average molecular weight is 189 g/mol. The second-order valence-electron chi connectivity index (χ2n) is 3.24. The smallest absolute Gasteiger partial charge is 0.262 e. The van der Waals surface area contributed by atoms with E-state index in [1.54, 1.807) is 12.3 Å². The molecule has 0 saturated heterocycles. The molecular formula is C10H11N3O. The number of amides is 1. The second kappa shape index (κ2) is 2.85. The summed E-state index contributed by atoms with van der Waals surface area (Å²) < 4.78 is 0. The summed E-state index contributed by atoms with van der Waals surface area (Å²) in [5.74, 6) is -0.589. The first kappa shape index (κ1) is 8.77. The molecule has 72 valence electrons. The van der Waals surface area contributed by atoms with Gasteiger partial charge in [0.25, 0.3) is 5.91 Å². The van der Waals surface area contributed by atoms with Gasteiger partial charge in [-0.2, -0.15) is 0 Å². The molecule has 1 heterocycles. The Labute approximate surface area is 81.6 Å². The number of rotatable bonds is 1. The number of nitrogens with one attached hydrogen (secondary N) is 1. The standard InChI is InChI=1S/C10H11N3O/c11-9(14)10(12)8-4-2-1-3-7(8)5-6-13-10/h1-6,13H,12H2,(H2,11,14). The van der Waals surface area contributed by atoms with Crippen LogP contribution in [-0.4, -0.2) is 5.91 Å². The summed E-state index contributed by atoms with van der Waals surface area (Å²) >= 11 is 0. The third-order valence-electron chi connectivity index (χ3n) is 2.35. The van der Waals surface area contributed by atoms with Crippen LogP contribution >= 0.6 is 0 Å². The van der Waals surface area contributed by atoms with Crippen LogP contribution in [0, 0.1) is 0 Å². The molecule has 4 heteroatoms. The highest BCUT2D eigenvalue weighted by Gasteiger charge is 2.35. The number of fused-ring (bicyclic) bond motifs is 1. The van der Waals surface area contributed by atoms with Crippen molar-refractivity contribution in [2.45, 2.75) is 5.66 Å². The van der Waals surface area contributed by atoms with E-state index in [0.717, 1.165) is 5.56 Å². The molecule has 1 unspecified atom stereocenters. The largest absolute Gasteiger partial charge is 0.366 e. The first-order valence-corrected chi connectivity index (χ1v) is 4.27. The maximum atomic E-state index is 11.2. The van der Waals surface area contributed by atoms with Gasteiger partial charge in [0.1, 0.15) is 0 Å². The van der Waals surface area contributed by atoms with Gasteiger partial charge in [-0.25, -0.2) is 0 Å². The minimum absolute atomic E-state index is 0.589. The van der Waals surface area contributed by atoms with E-state index in [1.807, 2.05) is 24.3 Å². The molecule has 14 heavy (non-hydrogen) atoms. The molecule has 1 aliphatic heterocycles. The molecule has 1 aromatic rings. The summed E-state index contributed by atoms with van der Waals surface area (Å²) in [4.78, 5) is 11.2. The average Bonchev–Trinajstić information content (AvgIpc) is 2.18. The Morgan fingerprint density at radius 2 is 2.07 bits per heavy atom. The number of hydrogen-bond acceptors (Lipinski definition) is 3. The van der Waals surface area contributed by atoms with Crippen molar-refractivity contribution < 1.29 is 4.79 Å². The van der Waals surface area contributed by atoms with Crippen LogP contribution in [0.5, 0.6) is 0 Å². The quantitative estimate of drug-likeness (QED) is 0.575. The van der Waals surface area contributed by atoms with E-state index in [4.69, 9.17) is 11.5 Å². The first-order valence-electron chi connectivity index (χ1n) is 4.27. The fourth-order valence-corrected chi connectivity index (χ4v) is 1.55. The zero-order chi connectivity index (χ0) is 10.2. The molecule has 0 saturated carbocycles. The monoisotopic (exact) mass is 189 g/mol. The van der Waals surface area contributed by atoms with Crippen LogP contribution in [-0.2, 0) is 10.5 Å². The van der Waals surface area contributed by atoms with Crippen LogP contribution in [0.25, 0.3) is 6.08 Å². The zero-order valence-electron chi connectivity index (χ0n) is 7.53. The minimum atomic E-state index is -1.29. The van der Waals surface area contributed by atoms with Gasteiger partial charge in [-0.3, -0.25) is 10.5 Å². The predicted molar refractivity (Wildman–Crippen MR) is 53.7 cm³/mol. The van der Waals surface area contributed by atoms with Crippen LogP contribution < -0.4 is 16.8 Å². The fourth-order valence-electron chi connectivity index (χ4n) is 1.55. The van der Waals surface area contributed by atoms with Gasteiger partial charge in [0.2, 0.25) is 0 Å². The molecule has 1 amide bonds. The van der Waals surface area contributed by atoms with Crippen LogP contribution in [0.3, 0.4) is 0 Å². The lowest BCUT2D eigenvalue weighted by atomic mass is 9.92. The number of carbonyl (C=O) groups excluding carboxylic acids is 1. The van der Waals surface area contributed by atoms with Crippen LogP contribution in [0.15, 0.2) is 30.5 Å². The lowest BCUT2D eigenvalue weighted by Crippen LogP contribution is -2.59. The van der Waals surface area contributed by atoms with Crippen molar-refractivity contribution in [2.24, 2.45) is 11.5 Å². The Kier molecular flexibility index (Phi) is 1.79. The van der Waals surface area contributed by atoms with Gasteiger partial charge in [0, 0.05) is 5.56 Å². The van der Waals surface area contributed by atoms with E-state index in [-0.39, 0.29) is 0 Å². The summed E-state index contributed by atoms with van der Waals surface area (Å²) in [7, 11) is 0. The molecule has 0 spiro atoms. The summed E-state index contributed by atoms with van der Waals surface area (Å²) in [6, 6.07) is 7.38. The highest BCUT2D eigenvalue weighted by Crippen LogP contribution is 2.24. The third-order valence-corrected chi connectivity index (χ3v) is 2.35. The third kappa shape index (κ3) is 1.08. The van der Waals surface area contributed by atoms with E-state index in [2.05, 4.69) is 5.32 Å². The van der Waals surface area contributed by atoms with E-state index in [9.17, 15) is 4.79 Å². The van der Waals surface area contributed by atoms with Gasteiger partial charge in [-0.1, -0.05) is 24.3 Å². The molecular weight excluding hydrogens is 178 g/mol. The van der Waals surface area contributed by atoms with Gasteiger partial charge < -0.3 is 11.1 Å².